The SMILES string of the molecule is COCC(C)(C)NC(=O)c1cncc(C#CCO)c1. The van der Waals surface area contributed by atoms with Gasteiger partial charge in [-0.15, -0.1) is 0 Å². The molecule has 5 heteroatoms. The van der Waals surface area contributed by atoms with Crippen LogP contribution >= 0.6 is 0 Å². The van der Waals surface area contributed by atoms with E-state index in [9.17, 15) is 4.79 Å². The third kappa shape index (κ3) is 5.08. The first kappa shape index (κ1) is 15.2. The standard InChI is InChI=1S/C14H18N2O3/c1-14(2,10-19-3)16-13(18)12-7-11(5-4-6-17)8-15-9-12/h7-9,17H,6,10H2,1-3H3,(H,16,18). The van der Waals surface area contributed by atoms with Crippen LogP contribution in [-0.2, 0) is 4.74 Å². The Bertz CT molecular complexity index is 501. The predicted octanol–water partition coefficient (Wildman–Crippen LogP) is 0.580. The summed E-state index contributed by atoms with van der Waals surface area (Å²) in [5.41, 5.74) is 0.554. The van der Waals surface area contributed by atoms with Gasteiger partial charge >= 0.3 is 0 Å². The second-order valence-corrected chi connectivity index (χ2v) is 4.69. The molecule has 1 rings (SSSR count). The number of hydrogen-bond donors (Lipinski definition) is 2. The molecule has 1 aromatic rings. The van der Waals surface area contributed by atoms with Crippen LogP contribution in [-0.4, -0.2) is 41.9 Å². The maximum atomic E-state index is 12.1. The average Bonchev–Trinajstić information content (AvgIpc) is 2.36. The number of nitrogens with one attached hydrogen (secondary N) is 1. The molecule has 0 unspecified atom stereocenters. The Balaban J connectivity index is 2.83. The van der Waals surface area contributed by atoms with E-state index in [1.165, 1.54) is 6.20 Å². The summed E-state index contributed by atoms with van der Waals surface area (Å²) in [7, 11) is 1.58. The van der Waals surface area contributed by atoms with E-state index in [1.807, 2.05) is 13.8 Å². The molecule has 0 aromatic carbocycles. The van der Waals surface area contributed by atoms with Crippen LogP contribution in [0.2, 0.25) is 0 Å². The average molecular weight is 262 g/mol. The fourth-order valence-corrected chi connectivity index (χ4v) is 1.55. The number of aliphatic hydroxyl groups excluding tert-OH is 1. The molecular weight excluding hydrogens is 244 g/mol. The molecule has 2 N–H and O–H groups in total. The molecule has 0 aliphatic rings. The molecule has 0 atom stereocenters. The van der Waals surface area contributed by atoms with Crippen molar-refractivity contribution in [3.05, 3.63) is 29.6 Å². The lowest BCUT2D eigenvalue weighted by atomic mass is 10.1. The predicted molar refractivity (Wildman–Crippen MR) is 71.6 cm³/mol. The van der Waals surface area contributed by atoms with Crippen molar-refractivity contribution in [1.82, 2.24) is 10.3 Å². The maximum Gasteiger partial charge on any atom is 0.253 e. The highest BCUT2D eigenvalue weighted by molar-refractivity contribution is 5.94. The zero-order valence-electron chi connectivity index (χ0n) is 11.4. The Kier molecular flexibility index (Phi) is 5.49. The quantitative estimate of drug-likeness (QED) is 0.779. The van der Waals surface area contributed by atoms with E-state index in [4.69, 9.17) is 9.84 Å². The number of methoxy groups -OCH3 is 1. The van der Waals surface area contributed by atoms with Gasteiger partial charge in [-0.3, -0.25) is 9.78 Å². The summed E-state index contributed by atoms with van der Waals surface area (Å²) in [5.74, 6) is 4.99. The van der Waals surface area contributed by atoms with Crippen LogP contribution in [0.3, 0.4) is 0 Å². The van der Waals surface area contributed by atoms with Gasteiger partial charge in [0.1, 0.15) is 6.61 Å². The molecule has 0 aliphatic carbocycles. The lowest BCUT2D eigenvalue weighted by Crippen LogP contribution is -2.46. The normalized spacial score (nSPS) is 10.5. The molecule has 1 aromatic heterocycles. The Labute approximate surface area is 113 Å². The number of aromatic nitrogens is 1. The van der Waals surface area contributed by atoms with Crippen LogP contribution in [0, 0.1) is 11.8 Å². The number of rotatable bonds is 4. The molecule has 0 saturated carbocycles. The highest BCUT2D eigenvalue weighted by Gasteiger charge is 2.21. The van der Waals surface area contributed by atoms with Gasteiger partial charge in [-0.05, 0) is 19.9 Å². The first-order valence-corrected chi connectivity index (χ1v) is 5.85. The summed E-state index contributed by atoms with van der Waals surface area (Å²) in [6, 6.07) is 1.63. The lowest BCUT2D eigenvalue weighted by Gasteiger charge is -2.25. The molecule has 0 spiro atoms. The molecule has 0 aliphatic heterocycles. The molecule has 1 heterocycles. The van der Waals surface area contributed by atoms with Crippen molar-refractivity contribution < 1.29 is 14.6 Å². The fraction of sp³-hybridized carbons (Fsp3) is 0.429. The van der Waals surface area contributed by atoms with Gasteiger partial charge in [0.25, 0.3) is 5.91 Å². The third-order valence-electron chi connectivity index (χ3n) is 2.27. The second kappa shape index (κ2) is 6.88. The molecule has 0 radical (unpaired) electrons. The minimum Gasteiger partial charge on any atom is -0.384 e. The molecule has 19 heavy (non-hydrogen) atoms. The number of nitrogens with zero attached hydrogens (tertiary/aromatic N) is 1. The number of hydrogen-bond acceptors (Lipinski definition) is 4. The van der Waals surface area contributed by atoms with Gasteiger partial charge in [-0.25, -0.2) is 0 Å². The van der Waals surface area contributed by atoms with Crippen molar-refractivity contribution in [3.8, 4) is 11.8 Å². The van der Waals surface area contributed by atoms with Gasteiger partial charge in [-0.2, -0.15) is 0 Å². The molecule has 0 fully saturated rings. The van der Waals surface area contributed by atoms with Crippen LogP contribution in [0.1, 0.15) is 29.8 Å². The van der Waals surface area contributed by atoms with Crippen LogP contribution < -0.4 is 5.32 Å². The van der Waals surface area contributed by atoms with E-state index in [0.717, 1.165) is 0 Å². The minimum absolute atomic E-state index is 0.225. The number of pyridine rings is 1. The maximum absolute atomic E-state index is 12.1. The van der Waals surface area contributed by atoms with E-state index in [0.29, 0.717) is 17.7 Å². The van der Waals surface area contributed by atoms with Gasteiger partial charge in [0.2, 0.25) is 0 Å². The Morgan fingerprint density at radius 3 is 2.89 bits per heavy atom. The van der Waals surface area contributed by atoms with Gasteiger partial charge < -0.3 is 15.2 Å². The van der Waals surface area contributed by atoms with Crippen molar-refractivity contribution in [1.29, 1.82) is 0 Å². The zero-order valence-corrected chi connectivity index (χ0v) is 11.4. The van der Waals surface area contributed by atoms with E-state index in [-0.39, 0.29) is 12.5 Å². The van der Waals surface area contributed by atoms with Crippen LogP contribution in [0.15, 0.2) is 18.5 Å². The molecule has 5 nitrogen and oxygen atoms in total. The van der Waals surface area contributed by atoms with Gasteiger partial charge in [-0.1, -0.05) is 11.8 Å². The highest BCUT2D eigenvalue weighted by atomic mass is 16.5. The summed E-state index contributed by atoms with van der Waals surface area (Å²) in [4.78, 5) is 16.0. The first-order chi connectivity index (χ1) is 8.98. The number of ether oxygens (including phenoxy) is 1. The summed E-state index contributed by atoms with van der Waals surface area (Å²) < 4.78 is 5.04. The molecule has 1 amide bonds. The van der Waals surface area contributed by atoms with Crippen molar-refractivity contribution >= 4 is 5.91 Å². The van der Waals surface area contributed by atoms with Crippen molar-refractivity contribution in [2.45, 2.75) is 19.4 Å². The summed E-state index contributed by atoms with van der Waals surface area (Å²) in [6.45, 7) is 3.93. The van der Waals surface area contributed by atoms with E-state index in [1.54, 1.807) is 19.4 Å². The number of carbonyl (C=O) groups excluding carboxylic acids is 1. The lowest BCUT2D eigenvalue weighted by molar-refractivity contribution is 0.0819. The topological polar surface area (TPSA) is 71.5 Å². The fourth-order valence-electron chi connectivity index (χ4n) is 1.55. The van der Waals surface area contributed by atoms with Crippen LogP contribution in [0.5, 0.6) is 0 Å². The Morgan fingerprint density at radius 2 is 2.26 bits per heavy atom. The first-order valence-electron chi connectivity index (χ1n) is 5.85. The highest BCUT2D eigenvalue weighted by Crippen LogP contribution is 2.07. The van der Waals surface area contributed by atoms with Crippen LogP contribution in [0.4, 0.5) is 0 Å². The molecule has 102 valence electrons. The van der Waals surface area contributed by atoms with Gasteiger partial charge in [0, 0.05) is 25.1 Å². The summed E-state index contributed by atoms with van der Waals surface area (Å²) >= 11 is 0. The van der Waals surface area contributed by atoms with Gasteiger partial charge in [0.15, 0.2) is 0 Å². The molecule has 0 bridgehead atoms. The van der Waals surface area contributed by atoms with E-state index < -0.39 is 5.54 Å². The Morgan fingerprint density at radius 1 is 1.53 bits per heavy atom. The zero-order chi connectivity index (χ0) is 14.3. The molecular formula is C14H18N2O3. The van der Waals surface area contributed by atoms with Crippen molar-refractivity contribution in [2.24, 2.45) is 0 Å². The smallest absolute Gasteiger partial charge is 0.253 e. The summed E-state index contributed by atoms with van der Waals surface area (Å²) in [5, 5.41) is 11.5. The van der Waals surface area contributed by atoms with Crippen molar-refractivity contribution in [3.63, 3.8) is 0 Å². The monoisotopic (exact) mass is 262 g/mol. The van der Waals surface area contributed by atoms with Crippen LogP contribution in [0.25, 0.3) is 0 Å². The largest absolute Gasteiger partial charge is 0.384 e. The minimum atomic E-state index is -0.460. The second-order valence-electron chi connectivity index (χ2n) is 4.69. The number of aliphatic hydroxyl groups is 1. The van der Waals surface area contributed by atoms with E-state index in [2.05, 4.69) is 22.1 Å². The Hall–Kier alpha value is -1.90. The van der Waals surface area contributed by atoms with E-state index >= 15 is 0 Å². The number of amides is 1. The van der Waals surface area contributed by atoms with Gasteiger partial charge in [0.05, 0.1) is 17.7 Å². The number of carbonyl (C=O) groups is 1. The third-order valence-corrected chi connectivity index (χ3v) is 2.27. The summed E-state index contributed by atoms with van der Waals surface area (Å²) in [6.07, 6.45) is 3.02. The van der Waals surface area contributed by atoms with Crippen molar-refractivity contribution in [2.75, 3.05) is 20.3 Å². The molecule has 0 saturated heterocycles.